The number of nitrogens with zero attached hydrogens (tertiary/aromatic N) is 2. The summed E-state index contributed by atoms with van der Waals surface area (Å²) in [6.07, 6.45) is -1.45. The highest BCUT2D eigenvalue weighted by Crippen LogP contribution is 2.30. The van der Waals surface area contributed by atoms with Crippen molar-refractivity contribution in [1.29, 1.82) is 0 Å². The first kappa shape index (κ1) is 17.8. The van der Waals surface area contributed by atoms with E-state index >= 15 is 0 Å². The van der Waals surface area contributed by atoms with Crippen molar-refractivity contribution in [2.45, 2.75) is 43.0 Å². The maximum absolute atomic E-state index is 14.0. The minimum absolute atomic E-state index is 0.0599. The summed E-state index contributed by atoms with van der Waals surface area (Å²) in [5.41, 5.74) is 5.25. The monoisotopic (exact) mass is 364 g/mol. The summed E-state index contributed by atoms with van der Waals surface area (Å²) in [6.45, 7) is 2.04. The molecule has 2 amide bonds. The number of hydrogen-bond donors (Lipinski definition) is 2. The number of hydrazine groups is 1. The molecule has 5 unspecified atom stereocenters. The number of halogens is 3. The Morgan fingerprint density at radius 3 is 2.71 bits per heavy atom. The zero-order valence-corrected chi connectivity index (χ0v) is 14.1. The minimum atomic E-state index is -1.18. The first-order valence-electron chi connectivity index (χ1n) is 8.42. The number of piperazine rings is 1. The van der Waals surface area contributed by atoms with Crippen molar-refractivity contribution >= 4 is 23.4 Å². The van der Waals surface area contributed by atoms with Crippen molar-refractivity contribution in [3.8, 4) is 0 Å². The van der Waals surface area contributed by atoms with Crippen LogP contribution in [0.1, 0.15) is 19.3 Å². The van der Waals surface area contributed by atoms with Crippen LogP contribution in [-0.2, 0) is 9.59 Å². The van der Waals surface area contributed by atoms with Crippen LogP contribution in [0.25, 0.3) is 0 Å². The van der Waals surface area contributed by atoms with Crippen LogP contribution in [0.5, 0.6) is 0 Å². The van der Waals surface area contributed by atoms with E-state index < -0.39 is 17.7 Å². The molecule has 1 aliphatic carbocycles. The van der Waals surface area contributed by atoms with Crippen molar-refractivity contribution < 1.29 is 18.4 Å². The van der Waals surface area contributed by atoms with E-state index in [9.17, 15) is 18.4 Å². The van der Waals surface area contributed by atoms with Gasteiger partial charge in [0.15, 0.2) is 0 Å². The lowest BCUT2D eigenvalue weighted by Gasteiger charge is -2.43. The molecule has 136 valence electrons. The van der Waals surface area contributed by atoms with E-state index in [1.54, 1.807) is 4.90 Å². The fourth-order valence-corrected chi connectivity index (χ4v) is 4.03. The second-order valence-corrected chi connectivity index (χ2v) is 7.31. The molecule has 9 heteroatoms. The van der Waals surface area contributed by atoms with E-state index in [1.165, 1.54) is 0 Å². The van der Waals surface area contributed by atoms with Crippen LogP contribution in [0.4, 0.5) is 8.78 Å². The SMILES string of the molecule is O=C1NNCC(N2CCN(CC3CCC(F)CC3F)C(=O)C2)C1Cl. The van der Waals surface area contributed by atoms with Gasteiger partial charge in [-0.05, 0) is 12.8 Å². The zero-order chi connectivity index (χ0) is 17.3. The molecule has 0 aromatic carbocycles. The zero-order valence-electron chi connectivity index (χ0n) is 13.4. The van der Waals surface area contributed by atoms with Gasteiger partial charge in [0.05, 0.1) is 6.54 Å². The standard InChI is InChI=1S/C15H23ClF2N4O2/c16-14-12(6-19-20-15(14)24)21-3-4-22(13(23)8-21)7-9-1-2-10(17)5-11(9)18/h9-12,14,19H,1-8H2,(H,20,24). The van der Waals surface area contributed by atoms with Gasteiger partial charge in [0.2, 0.25) is 5.91 Å². The molecule has 0 aromatic rings. The number of alkyl halides is 3. The summed E-state index contributed by atoms with van der Waals surface area (Å²) in [5, 5.41) is -0.708. The molecule has 3 rings (SSSR count). The van der Waals surface area contributed by atoms with Crippen LogP contribution in [-0.4, -0.2) is 78.1 Å². The first-order valence-corrected chi connectivity index (χ1v) is 8.86. The Labute approximate surface area is 144 Å². The van der Waals surface area contributed by atoms with Crippen molar-refractivity contribution in [2.75, 3.05) is 32.7 Å². The van der Waals surface area contributed by atoms with E-state index in [2.05, 4.69) is 10.9 Å². The van der Waals surface area contributed by atoms with Gasteiger partial charge in [-0.25, -0.2) is 14.2 Å². The van der Waals surface area contributed by atoms with Gasteiger partial charge < -0.3 is 4.90 Å². The Morgan fingerprint density at radius 1 is 1.21 bits per heavy atom. The summed E-state index contributed by atoms with van der Waals surface area (Å²) < 4.78 is 27.2. The summed E-state index contributed by atoms with van der Waals surface area (Å²) in [7, 11) is 0. The molecular weight excluding hydrogens is 342 g/mol. The van der Waals surface area contributed by atoms with Gasteiger partial charge in [-0.15, -0.1) is 11.6 Å². The normalized spacial score (nSPS) is 39.0. The molecule has 2 heterocycles. The molecule has 2 aliphatic heterocycles. The average molecular weight is 365 g/mol. The lowest BCUT2D eigenvalue weighted by Crippen LogP contribution is -2.65. The molecule has 24 heavy (non-hydrogen) atoms. The lowest BCUT2D eigenvalue weighted by molar-refractivity contribution is -0.140. The van der Waals surface area contributed by atoms with Gasteiger partial charge in [-0.2, -0.15) is 0 Å². The molecule has 2 saturated heterocycles. The Bertz CT molecular complexity index is 498. The number of amides is 2. The molecule has 3 fully saturated rings. The fraction of sp³-hybridized carbons (Fsp3) is 0.867. The second kappa shape index (κ2) is 7.49. The topological polar surface area (TPSA) is 64.7 Å². The molecule has 0 bridgehead atoms. The third kappa shape index (κ3) is 3.81. The van der Waals surface area contributed by atoms with Crippen LogP contribution in [0.3, 0.4) is 0 Å². The van der Waals surface area contributed by atoms with Gasteiger partial charge in [-0.3, -0.25) is 19.9 Å². The number of nitrogens with one attached hydrogen (secondary N) is 2. The van der Waals surface area contributed by atoms with Crippen LogP contribution in [0.2, 0.25) is 0 Å². The highest BCUT2D eigenvalue weighted by atomic mass is 35.5. The van der Waals surface area contributed by atoms with E-state index in [0.717, 1.165) is 0 Å². The molecule has 6 nitrogen and oxygen atoms in total. The van der Waals surface area contributed by atoms with Crippen LogP contribution < -0.4 is 10.9 Å². The minimum Gasteiger partial charge on any atom is -0.340 e. The largest absolute Gasteiger partial charge is 0.340 e. The third-order valence-corrected chi connectivity index (χ3v) is 5.72. The molecular formula is C15H23ClF2N4O2. The molecule has 5 atom stereocenters. The molecule has 0 radical (unpaired) electrons. The third-order valence-electron chi connectivity index (χ3n) is 5.23. The summed E-state index contributed by atoms with van der Waals surface area (Å²) in [6, 6.07) is -0.248. The maximum Gasteiger partial charge on any atom is 0.253 e. The van der Waals surface area contributed by atoms with Gasteiger partial charge in [0, 0.05) is 44.6 Å². The van der Waals surface area contributed by atoms with E-state index in [1.807, 2.05) is 4.90 Å². The second-order valence-electron chi connectivity index (χ2n) is 6.84. The van der Waals surface area contributed by atoms with Crippen molar-refractivity contribution in [1.82, 2.24) is 20.7 Å². The van der Waals surface area contributed by atoms with Gasteiger partial charge in [-0.1, -0.05) is 0 Å². The predicted octanol–water partition coefficient (Wildman–Crippen LogP) is 0.217. The van der Waals surface area contributed by atoms with E-state index in [0.29, 0.717) is 39.0 Å². The van der Waals surface area contributed by atoms with Gasteiger partial charge in [0.25, 0.3) is 5.91 Å². The predicted molar refractivity (Wildman–Crippen MR) is 84.9 cm³/mol. The number of carbonyl (C=O) groups is 2. The Kier molecular flexibility index (Phi) is 5.56. The summed E-state index contributed by atoms with van der Waals surface area (Å²) in [4.78, 5) is 27.6. The Balaban J connectivity index is 1.54. The van der Waals surface area contributed by atoms with Crippen molar-refractivity contribution in [3.63, 3.8) is 0 Å². The van der Waals surface area contributed by atoms with Gasteiger partial charge >= 0.3 is 0 Å². The number of hydrogen-bond acceptors (Lipinski definition) is 4. The smallest absolute Gasteiger partial charge is 0.253 e. The summed E-state index contributed by atoms with van der Waals surface area (Å²) in [5.74, 6) is -0.674. The Morgan fingerprint density at radius 2 is 2.00 bits per heavy atom. The Hall–Kier alpha value is -0.990. The number of carbonyl (C=O) groups excluding carboxylic acids is 2. The maximum atomic E-state index is 14.0. The van der Waals surface area contributed by atoms with Crippen LogP contribution in [0.15, 0.2) is 0 Å². The molecule has 1 saturated carbocycles. The molecule has 2 N–H and O–H groups in total. The highest BCUT2D eigenvalue weighted by Gasteiger charge is 2.39. The van der Waals surface area contributed by atoms with Crippen molar-refractivity contribution in [3.05, 3.63) is 0 Å². The molecule has 0 spiro atoms. The fourth-order valence-electron chi connectivity index (χ4n) is 3.73. The van der Waals surface area contributed by atoms with Gasteiger partial charge in [0.1, 0.15) is 17.7 Å². The molecule has 0 aromatic heterocycles. The summed E-state index contributed by atoms with van der Waals surface area (Å²) >= 11 is 6.14. The van der Waals surface area contributed by atoms with E-state index in [-0.39, 0.29) is 36.7 Å². The average Bonchev–Trinajstić information content (AvgIpc) is 2.54. The quantitative estimate of drug-likeness (QED) is 0.703. The molecule has 3 aliphatic rings. The van der Waals surface area contributed by atoms with Crippen molar-refractivity contribution in [2.24, 2.45) is 5.92 Å². The lowest BCUT2D eigenvalue weighted by atomic mass is 9.86. The van der Waals surface area contributed by atoms with Crippen LogP contribution in [0, 0.1) is 5.92 Å². The first-order chi connectivity index (χ1) is 11.5. The highest BCUT2D eigenvalue weighted by molar-refractivity contribution is 6.31. The van der Waals surface area contributed by atoms with E-state index in [4.69, 9.17) is 11.6 Å². The number of rotatable bonds is 3. The van der Waals surface area contributed by atoms with Crippen LogP contribution >= 0.6 is 11.6 Å².